The molecule has 2 fully saturated rings. The van der Waals surface area contributed by atoms with Crippen LogP contribution in [0, 0.1) is 5.92 Å². The molecule has 0 radical (unpaired) electrons. The first-order valence-electron chi connectivity index (χ1n) is 8.78. The quantitative estimate of drug-likeness (QED) is 0.897. The molecule has 1 N–H and O–H groups in total. The highest BCUT2D eigenvalue weighted by molar-refractivity contribution is 5.91. The van der Waals surface area contributed by atoms with E-state index in [9.17, 15) is 23.1 Å². The first kappa shape index (κ1) is 18.2. The van der Waals surface area contributed by atoms with E-state index in [2.05, 4.69) is 0 Å². The van der Waals surface area contributed by atoms with Crippen molar-refractivity contribution in [2.75, 3.05) is 13.1 Å². The second-order valence-electron chi connectivity index (χ2n) is 7.75. The fourth-order valence-electron chi connectivity index (χ4n) is 3.74. The van der Waals surface area contributed by atoms with Crippen LogP contribution in [0.3, 0.4) is 0 Å². The molecule has 6 heteroatoms. The lowest BCUT2D eigenvalue weighted by atomic mass is 9.82. The highest BCUT2D eigenvalue weighted by Gasteiger charge is 2.54. The molecule has 1 atom stereocenters. The van der Waals surface area contributed by atoms with Gasteiger partial charge >= 0.3 is 6.18 Å². The van der Waals surface area contributed by atoms with Crippen LogP contribution in [0.25, 0.3) is 0 Å². The molecule has 25 heavy (non-hydrogen) atoms. The van der Waals surface area contributed by atoms with Gasteiger partial charge in [-0.15, -0.1) is 0 Å². The molecule has 2 aliphatic rings. The molecule has 1 aliphatic carbocycles. The summed E-state index contributed by atoms with van der Waals surface area (Å²) >= 11 is 0. The molecule has 0 aromatic heterocycles. The van der Waals surface area contributed by atoms with Gasteiger partial charge in [0.2, 0.25) is 5.91 Å². The van der Waals surface area contributed by atoms with Gasteiger partial charge in [0, 0.05) is 13.1 Å². The number of aliphatic hydroxyl groups is 1. The van der Waals surface area contributed by atoms with Crippen molar-refractivity contribution >= 4 is 5.91 Å². The zero-order valence-electron chi connectivity index (χ0n) is 14.6. The number of carbonyl (C=O) groups is 1. The average molecular weight is 355 g/mol. The largest absolute Gasteiger partial charge is 0.416 e. The summed E-state index contributed by atoms with van der Waals surface area (Å²) in [6, 6.07) is 4.94. The maximum absolute atomic E-state index is 13.1. The van der Waals surface area contributed by atoms with E-state index < -0.39 is 22.8 Å². The van der Waals surface area contributed by atoms with Gasteiger partial charge in [-0.2, -0.15) is 13.2 Å². The number of halogens is 3. The third-order valence-corrected chi connectivity index (χ3v) is 5.79. The van der Waals surface area contributed by atoms with Gasteiger partial charge in [-0.25, -0.2) is 0 Å². The average Bonchev–Trinajstić information content (AvgIpc) is 3.35. The Bertz CT molecular complexity index is 650. The standard InChI is InChI=1S/C19H24F3NO2/c1-13(2)18(25)8-3-11-23(12-18)16(24)17(9-10-17)14-4-6-15(7-5-14)19(20,21)22/h4-7,13,25H,3,8-12H2,1-2H3. The van der Waals surface area contributed by atoms with Crippen molar-refractivity contribution in [2.45, 2.75) is 56.7 Å². The Morgan fingerprint density at radius 2 is 1.76 bits per heavy atom. The summed E-state index contributed by atoms with van der Waals surface area (Å²) in [4.78, 5) is 14.8. The fourth-order valence-corrected chi connectivity index (χ4v) is 3.74. The molecule has 1 saturated heterocycles. The van der Waals surface area contributed by atoms with E-state index in [4.69, 9.17) is 0 Å². The summed E-state index contributed by atoms with van der Waals surface area (Å²) in [5.74, 6) is -0.0182. The van der Waals surface area contributed by atoms with Crippen molar-refractivity contribution in [2.24, 2.45) is 5.92 Å². The predicted octanol–water partition coefficient (Wildman–Crippen LogP) is 3.75. The van der Waals surface area contributed by atoms with Crippen LogP contribution in [-0.4, -0.2) is 34.6 Å². The highest BCUT2D eigenvalue weighted by atomic mass is 19.4. The lowest BCUT2D eigenvalue weighted by molar-refractivity contribution is -0.143. The van der Waals surface area contributed by atoms with Gasteiger partial charge in [-0.05, 0) is 49.3 Å². The number of amides is 1. The molecular formula is C19H24F3NO2. The van der Waals surface area contributed by atoms with Crippen molar-refractivity contribution in [3.63, 3.8) is 0 Å². The van der Waals surface area contributed by atoms with E-state index in [0.29, 0.717) is 37.9 Å². The maximum Gasteiger partial charge on any atom is 0.416 e. The molecule has 1 heterocycles. The molecule has 0 spiro atoms. The fraction of sp³-hybridized carbons (Fsp3) is 0.632. The minimum Gasteiger partial charge on any atom is -0.388 e. The van der Waals surface area contributed by atoms with Crippen molar-refractivity contribution in [1.82, 2.24) is 4.90 Å². The van der Waals surface area contributed by atoms with Crippen LogP contribution in [0.5, 0.6) is 0 Å². The Balaban J connectivity index is 1.80. The van der Waals surface area contributed by atoms with Gasteiger partial charge in [-0.3, -0.25) is 4.79 Å². The zero-order chi connectivity index (χ0) is 18.5. The molecule has 1 unspecified atom stereocenters. The molecule has 1 saturated carbocycles. The summed E-state index contributed by atoms with van der Waals surface area (Å²) < 4.78 is 38.2. The van der Waals surface area contributed by atoms with E-state index in [0.717, 1.165) is 18.6 Å². The lowest BCUT2D eigenvalue weighted by Gasteiger charge is -2.43. The molecule has 1 aromatic rings. The number of β-amino-alcohol motifs (C(OH)–C–C–N with tert-alkyl or cyclic N) is 1. The number of hydrogen-bond acceptors (Lipinski definition) is 2. The van der Waals surface area contributed by atoms with Crippen LogP contribution >= 0.6 is 0 Å². The number of alkyl halides is 3. The molecular weight excluding hydrogens is 331 g/mol. The summed E-state index contributed by atoms with van der Waals surface area (Å²) in [5, 5.41) is 10.7. The second kappa shape index (κ2) is 6.01. The number of rotatable bonds is 3. The Labute approximate surface area is 145 Å². The second-order valence-corrected chi connectivity index (χ2v) is 7.75. The van der Waals surface area contributed by atoms with E-state index in [1.165, 1.54) is 12.1 Å². The highest BCUT2D eigenvalue weighted by Crippen LogP contribution is 2.50. The normalized spacial score (nSPS) is 26.0. The first-order valence-corrected chi connectivity index (χ1v) is 8.78. The molecule has 1 aliphatic heterocycles. The topological polar surface area (TPSA) is 40.5 Å². The minimum atomic E-state index is -4.38. The van der Waals surface area contributed by atoms with Crippen LogP contribution in [0.1, 0.15) is 50.7 Å². The lowest BCUT2D eigenvalue weighted by Crippen LogP contribution is -2.55. The molecule has 1 amide bonds. The number of hydrogen-bond donors (Lipinski definition) is 1. The van der Waals surface area contributed by atoms with Crippen molar-refractivity contribution in [3.05, 3.63) is 35.4 Å². The number of likely N-dealkylation sites (tertiary alicyclic amines) is 1. The summed E-state index contributed by atoms with van der Waals surface area (Å²) in [6.07, 6.45) is -1.67. The predicted molar refractivity (Wildman–Crippen MR) is 88.0 cm³/mol. The van der Waals surface area contributed by atoms with Crippen LogP contribution in [0.4, 0.5) is 13.2 Å². The molecule has 0 bridgehead atoms. The SMILES string of the molecule is CC(C)C1(O)CCCN(C(=O)C2(c3ccc(C(F)(F)F)cc3)CC2)C1. The summed E-state index contributed by atoms with van der Waals surface area (Å²) in [7, 11) is 0. The van der Waals surface area contributed by atoms with Gasteiger partial charge in [-0.1, -0.05) is 26.0 Å². The van der Waals surface area contributed by atoms with Gasteiger partial charge in [0.15, 0.2) is 0 Å². The Morgan fingerprint density at radius 3 is 2.24 bits per heavy atom. The van der Waals surface area contributed by atoms with Crippen molar-refractivity contribution in [1.29, 1.82) is 0 Å². The van der Waals surface area contributed by atoms with Crippen molar-refractivity contribution in [3.8, 4) is 0 Å². The van der Waals surface area contributed by atoms with E-state index >= 15 is 0 Å². The van der Waals surface area contributed by atoms with Gasteiger partial charge in [0.05, 0.1) is 16.6 Å². The van der Waals surface area contributed by atoms with Crippen LogP contribution in [-0.2, 0) is 16.4 Å². The minimum absolute atomic E-state index is 0.0457. The van der Waals surface area contributed by atoms with E-state index in [-0.39, 0.29) is 11.8 Å². The monoisotopic (exact) mass is 355 g/mol. The van der Waals surface area contributed by atoms with Gasteiger partial charge in [0.25, 0.3) is 0 Å². The summed E-state index contributed by atoms with van der Waals surface area (Å²) in [5.41, 5.74) is -1.65. The smallest absolute Gasteiger partial charge is 0.388 e. The zero-order valence-corrected chi connectivity index (χ0v) is 14.6. The number of nitrogens with zero attached hydrogens (tertiary/aromatic N) is 1. The van der Waals surface area contributed by atoms with Crippen LogP contribution in [0.2, 0.25) is 0 Å². The Morgan fingerprint density at radius 1 is 1.16 bits per heavy atom. The van der Waals surface area contributed by atoms with Gasteiger partial charge < -0.3 is 10.0 Å². The number of piperidine rings is 1. The van der Waals surface area contributed by atoms with Crippen molar-refractivity contribution < 1.29 is 23.1 Å². The van der Waals surface area contributed by atoms with E-state index in [1.807, 2.05) is 13.8 Å². The third-order valence-electron chi connectivity index (χ3n) is 5.79. The maximum atomic E-state index is 13.1. The Kier molecular flexibility index (Phi) is 4.38. The first-order chi connectivity index (χ1) is 11.6. The number of benzene rings is 1. The molecule has 3 rings (SSSR count). The molecule has 1 aromatic carbocycles. The Hall–Kier alpha value is -1.56. The van der Waals surface area contributed by atoms with E-state index in [1.54, 1.807) is 4.90 Å². The summed E-state index contributed by atoms with van der Waals surface area (Å²) in [6.45, 7) is 4.77. The molecule has 3 nitrogen and oxygen atoms in total. The van der Waals surface area contributed by atoms with Crippen LogP contribution in [0.15, 0.2) is 24.3 Å². The van der Waals surface area contributed by atoms with Gasteiger partial charge in [0.1, 0.15) is 0 Å². The molecule has 138 valence electrons. The third kappa shape index (κ3) is 3.28. The number of carbonyl (C=O) groups excluding carboxylic acids is 1. The van der Waals surface area contributed by atoms with Crippen LogP contribution < -0.4 is 0 Å².